The highest BCUT2D eigenvalue weighted by Crippen LogP contribution is 2.24. The number of aromatic nitrogens is 1. The van der Waals surface area contributed by atoms with Crippen LogP contribution in [-0.2, 0) is 16.1 Å². The standard InChI is InChI=1S/C19H18N4O3/c1-12(24)21-16-3-2-4-17-15(16)9-10-23(17)11-18(25)22-14-7-5-13(6-8-14)19(20)26/h2-10H,11H2,1H3,(H2,20,26)(H,21,24)(H,22,25). The Labute approximate surface area is 149 Å². The van der Waals surface area contributed by atoms with E-state index in [0.29, 0.717) is 16.9 Å². The van der Waals surface area contributed by atoms with Crippen molar-refractivity contribution in [3.63, 3.8) is 0 Å². The van der Waals surface area contributed by atoms with Gasteiger partial charge in [-0.25, -0.2) is 0 Å². The fourth-order valence-corrected chi connectivity index (χ4v) is 2.73. The number of rotatable bonds is 5. The maximum Gasteiger partial charge on any atom is 0.248 e. The second-order valence-electron chi connectivity index (χ2n) is 5.85. The lowest BCUT2D eigenvalue weighted by atomic mass is 10.2. The van der Waals surface area contributed by atoms with Gasteiger partial charge in [0, 0.05) is 29.8 Å². The Kier molecular flexibility index (Phi) is 4.70. The van der Waals surface area contributed by atoms with Gasteiger partial charge >= 0.3 is 0 Å². The third-order valence-electron chi connectivity index (χ3n) is 3.89. The van der Waals surface area contributed by atoms with E-state index >= 15 is 0 Å². The maximum absolute atomic E-state index is 12.3. The molecule has 0 unspecified atom stereocenters. The molecule has 4 N–H and O–H groups in total. The van der Waals surface area contributed by atoms with Crippen molar-refractivity contribution in [2.45, 2.75) is 13.5 Å². The molecule has 0 aliphatic carbocycles. The molecule has 7 nitrogen and oxygen atoms in total. The van der Waals surface area contributed by atoms with E-state index in [2.05, 4.69) is 10.6 Å². The highest BCUT2D eigenvalue weighted by Gasteiger charge is 2.10. The molecule has 0 radical (unpaired) electrons. The van der Waals surface area contributed by atoms with Crippen LogP contribution >= 0.6 is 0 Å². The molecule has 0 aliphatic rings. The quantitative estimate of drug-likeness (QED) is 0.657. The number of amides is 3. The summed E-state index contributed by atoms with van der Waals surface area (Å²) < 4.78 is 1.80. The summed E-state index contributed by atoms with van der Waals surface area (Å²) in [6, 6.07) is 13.7. The van der Waals surface area contributed by atoms with Gasteiger partial charge in [-0.2, -0.15) is 0 Å². The van der Waals surface area contributed by atoms with Crippen molar-refractivity contribution in [1.29, 1.82) is 0 Å². The van der Waals surface area contributed by atoms with E-state index in [1.807, 2.05) is 24.3 Å². The van der Waals surface area contributed by atoms with Gasteiger partial charge in [0.05, 0.1) is 11.2 Å². The number of nitrogens with zero attached hydrogens (tertiary/aromatic N) is 1. The number of hydrogen-bond acceptors (Lipinski definition) is 3. The SMILES string of the molecule is CC(=O)Nc1cccc2c1ccn2CC(=O)Nc1ccc(C(N)=O)cc1. The second kappa shape index (κ2) is 7.10. The van der Waals surface area contributed by atoms with Crippen molar-refractivity contribution in [2.75, 3.05) is 10.6 Å². The second-order valence-corrected chi connectivity index (χ2v) is 5.85. The van der Waals surface area contributed by atoms with Gasteiger partial charge in [-0.15, -0.1) is 0 Å². The maximum atomic E-state index is 12.3. The van der Waals surface area contributed by atoms with Gasteiger partial charge in [-0.3, -0.25) is 14.4 Å². The summed E-state index contributed by atoms with van der Waals surface area (Å²) in [5.74, 6) is -0.877. The van der Waals surface area contributed by atoms with Crippen molar-refractivity contribution in [1.82, 2.24) is 4.57 Å². The lowest BCUT2D eigenvalue weighted by molar-refractivity contribution is -0.116. The van der Waals surface area contributed by atoms with E-state index in [1.54, 1.807) is 35.0 Å². The number of benzene rings is 2. The monoisotopic (exact) mass is 350 g/mol. The molecule has 1 aromatic heterocycles. The van der Waals surface area contributed by atoms with Gasteiger partial charge in [-0.05, 0) is 42.5 Å². The molecular formula is C19H18N4O3. The number of hydrogen-bond donors (Lipinski definition) is 3. The Balaban J connectivity index is 1.75. The van der Waals surface area contributed by atoms with Gasteiger partial charge in [0.1, 0.15) is 6.54 Å². The molecule has 1 heterocycles. The van der Waals surface area contributed by atoms with Crippen LogP contribution in [0.15, 0.2) is 54.7 Å². The molecule has 2 aromatic carbocycles. The first kappa shape index (κ1) is 17.2. The predicted molar refractivity (Wildman–Crippen MR) is 99.8 cm³/mol. The smallest absolute Gasteiger partial charge is 0.248 e. The number of fused-ring (bicyclic) bond motifs is 1. The number of carbonyl (C=O) groups excluding carboxylic acids is 3. The van der Waals surface area contributed by atoms with Gasteiger partial charge in [0.15, 0.2) is 0 Å². The summed E-state index contributed by atoms with van der Waals surface area (Å²) in [7, 11) is 0. The summed E-state index contributed by atoms with van der Waals surface area (Å²) in [6.45, 7) is 1.57. The fraction of sp³-hybridized carbons (Fsp3) is 0.105. The van der Waals surface area contributed by atoms with E-state index in [-0.39, 0.29) is 18.4 Å². The van der Waals surface area contributed by atoms with Crippen molar-refractivity contribution in [3.8, 4) is 0 Å². The van der Waals surface area contributed by atoms with Crippen LogP contribution < -0.4 is 16.4 Å². The van der Waals surface area contributed by atoms with Crippen molar-refractivity contribution in [3.05, 3.63) is 60.3 Å². The lowest BCUT2D eigenvalue weighted by Gasteiger charge is -2.09. The molecule has 3 rings (SSSR count). The summed E-state index contributed by atoms with van der Waals surface area (Å²) in [5.41, 5.74) is 7.70. The average molecular weight is 350 g/mol. The van der Waals surface area contributed by atoms with Crippen LogP contribution in [0.5, 0.6) is 0 Å². The first-order valence-electron chi connectivity index (χ1n) is 7.99. The van der Waals surface area contributed by atoms with E-state index in [0.717, 1.165) is 10.9 Å². The number of nitrogens with one attached hydrogen (secondary N) is 2. The molecule has 3 amide bonds. The molecule has 0 saturated heterocycles. The van der Waals surface area contributed by atoms with Crippen LogP contribution in [0.2, 0.25) is 0 Å². The molecule has 0 aliphatic heterocycles. The Morgan fingerprint density at radius 2 is 1.73 bits per heavy atom. The largest absolute Gasteiger partial charge is 0.366 e. The van der Waals surface area contributed by atoms with E-state index in [9.17, 15) is 14.4 Å². The Morgan fingerprint density at radius 1 is 1.00 bits per heavy atom. The normalized spacial score (nSPS) is 10.5. The van der Waals surface area contributed by atoms with Gasteiger partial charge in [-0.1, -0.05) is 6.07 Å². The lowest BCUT2D eigenvalue weighted by Crippen LogP contribution is -2.18. The third-order valence-corrected chi connectivity index (χ3v) is 3.89. The molecule has 0 spiro atoms. The van der Waals surface area contributed by atoms with Crippen molar-refractivity contribution >= 4 is 40.0 Å². The van der Waals surface area contributed by atoms with Gasteiger partial charge in [0.2, 0.25) is 17.7 Å². The van der Waals surface area contributed by atoms with E-state index in [4.69, 9.17) is 5.73 Å². The van der Waals surface area contributed by atoms with Crippen LogP contribution in [0.4, 0.5) is 11.4 Å². The minimum Gasteiger partial charge on any atom is -0.366 e. The average Bonchev–Trinajstić information content (AvgIpc) is 2.99. The zero-order valence-corrected chi connectivity index (χ0v) is 14.2. The third kappa shape index (κ3) is 3.72. The molecule has 0 fully saturated rings. The molecule has 7 heteroatoms. The van der Waals surface area contributed by atoms with Crippen LogP contribution in [0, 0.1) is 0 Å². The summed E-state index contributed by atoms with van der Waals surface area (Å²) in [5, 5.41) is 6.42. The molecule has 0 atom stereocenters. The summed E-state index contributed by atoms with van der Waals surface area (Å²) in [4.78, 5) is 34.7. The number of primary amides is 1. The van der Waals surface area contributed by atoms with Crippen LogP contribution in [0.1, 0.15) is 17.3 Å². The van der Waals surface area contributed by atoms with Crippen LogP contribution in [0.25, 0.3) is 10.9 Å². The van der Waals surface area contributed by atoms with Gasteiger partial charge in [0.25, 0.3) is 0 Å². The van der Waals surface area contributed by atoms with E-state index < -0.39 is 5.91 Å². The highest BCUT2D eigenvalue weighted by atomic mass is 16.2. The Bertz CT molecular complexity index is 990. The number of nitrogens with two attached hydrogens (primary N) is 1. The topological polar surface area (TPSA) is 106 Å². The van der Waals surface area contributed by atoms with Crippen LogP contribution in [0.3, 0.4) is 0 Å². The molecule has 0 bridgehead atoms. The molecule has 132 valence electrons. The first-order chi connectivity index (χ1) is 12.4. The van der Waals surface area contributed by atoms with Crippen molar-refractivity contribution < 1.29 is 14.4 Å². The molecule has 0 saturated carbocycles. The minimum atomic E-state index is -0.517. The Hall–Kier alpha value is -3.61. The van der Waals surface area contributed by atoms with Gasteiger partial charge < -0.3 is 20.9 Å². The highest BCUT2D eigenvalue weighted by molar-refractivity contribution is 6.01. The summed E-state index contributed by atoms with van der Waals surface area (Å²) in [6.07, 6.45) is 1.80. The minimum absolute atomic E-state index is 0.116. The zero-order chi connectivity index (χ0) is 18.7. The fourth-order valence-electron chi connectivity index (χ4n) is 2.73. The molecular weight excluding hydrogens is 332 g/mol. The van der Waals surface area contributed by atoms with Crippen LogP contribution in [-0.4, -0.2) is 22.3 Å². The predicted octanol–water partition coefficient (Wildman–Crippen LogP) is 2.34. The molecule has 26 heavy (non-hydrogen) atoms. The molecule has 3 aromatic rings. The van der Waals surface area contributed by atoms with E-state index in [1.165, 1.54) is 6.92 Å². The van der Waals surface area contributed by atoms with Crippen molar-refractivity contribution in [2.24, 2.45) is 5.73 Å². The summed E-state index contributed by atoms with van der Waals surface area (Å²) >= 11 is 0. The Morgan fingerprint density at radius 3 is 2.38 bits per heavy atom. The first-order valence-corrected chi connectivity index (χ1v) is 7.99. The number of carbonyl (C=O) groups is 3. The zero-order valence-electron chi connectivity index (χ0n) is 14.2. The number of anilines is 2.